The number of halogens is 1. The number of aliphatic imine (C=N–C) groups is 1. The van der Waals surface area contributed by atoms with Gasteiger partial charge in [0.25, 0.3) is 0 Å². The van der Waals surface area contributed by atoms with Crippen molar-refractivity contribution in [2.45, 2.75) is 59.9 Å². The van der Waals surface area contributed by atoms with Crippen molar-refractivity contribution in [2.24, 2.45) is 10.9 Å². The quantitative estimate of drug-likeness (QED) is 0.302. The molecule has 0 aliphatic carbocycles. The van der Waals surface area contributed by atoms with Crippen LogP contribution in [0.4, 0.5) is 0 Å². The highest BCUT2D eigenvalue weighted by molar-refractivity contribution is 14.0. The molecule has 1 rings (SSSR count). The molecule has 1 saturated heterocycles. The molecule has 0 spiro atoms. The fourth-order valence-corrected chi connectivity index (χ4v) is 3.30. The van der Waals surface area contributed by atoms with Gasteiger partial charge in [-0.25, -0.2) is 0 Å². The summed E-state index contributed by atoms with van der Waals surface area (Å²) in [5, 5.41) is 6.59. The van der Waals surface area contributed by atoms with Gasteiger partial charge < -0.3 is 20.4 Å². The second-order valence-electron chi connectivity index (χ2n) is 7.06. The number of hydrogen-bond acceptors (Lipinski definition) is 3. The lowest BCUT2D eigenvalue weighted by atomic mass is 9.97. The predicted molar refractivity (Wildman–Crippen MR) is 121 cm³/mol. The summed E-state index contributed by atoms with van der Waals surface area (Å²) in [4.78, 5) is 21.2. The number of hydrogen-bond donors (Lipinski definition) is 2. The molecule has 1 fully saturated rings. The zero-order valence-electron chi connectivity index (χ0n) is 17.4. The Labute approximate surface area is 177 Å². The number of piperidine rings is 1. The maximum absolute atomic E-state index is 12.1. The molecule has 1 heterocycles. The van der Waals surface area contributed by atoms with Crippen molar-refractivity contribution < 1.29 is 4.79 Å². The Morgan fingerprint density at radius 3 is 2.50 bits per heavy atom. The van der Waals surface area contributed by atoms with E-state index in [4.69, 9.17) is 4.99 Å². The Morgan fingerprint density at radius 1 is 1.23 bits per heavy atom. The van der Waals surface area contributed by atoms with E-state index in [1.807, 2.05) is 18.7 Å². The number of nitrogens with one attached hydrogen (secondary N) is 2. The third-order valence-electron chi connectivity index (χ3n) is 4.88. The monoisotopic (exact) mass is 481 g/mol. The van der Waals surface area contributed by atoms with Gasteiger partial charge in [-0.05, 0) is 59.9 Å². The van der Waals surface area contributed by atoms with E-state index in [1.165, 1.54) is 19.4 Å². The van der Waals surface area contributed by atoms with Crippen molar-refractivity contribution in [1.82, 2.24) is 20.4 Å². The van der Waals surface area contributed by atoms with Crippen LogP contribution in [0.5, 0.6) is 0 Å². The molecule has 1 atom stereocenters. The highest BCUT2D eigenvalue weighted by Crippen LogP contribution is 2.18. The van der Waals surface area contributed by atoms with Crippen molar-refractivity contribution in [2.75, 3.05) is 45.8 Å². The standard InChI is InChI=1S/C19H39N5O.HI/c1-6-20-19(21-12-11-18(25)23(7-2)8-3)22-14-17-10-9-13-24(15-17)16(4)5;/h16-17H,6-15H2,1-5H3,(H2,20,21,22);1H. The van der Waals surface area contributed by atoms with Crippen LogP contribution < -0.4 is 10.6 Å². The fraction of sp³-hybridized carbons (Fsp3) is 0.895. The Kier molecular flexibility index (Phi) is 14.2. The lowest BCUT2D eigenvalue weighted by Crippen LogP contribution is -2.42. The largest absolute Gasteiger partial charge is 0.357 e. The first-order valence-electron chi connectivity index (χ1n) is 10.1. The molecule has 0 radical (unpaired) electrons. The minimum absolute atomic E-state index is 0. The molecule has 0 saturated carbocycles. The molecule has 0 aromatic rings. The zero-order valence-corrected chi connectivity index (χ0v) is 19.7. The van der Waals surface area contributed by atoms with Gasteiger partial charge in [-0.3, -0.25) is 9.79 Å². The topological polar surface area (TPSA) is 60.0 Å². The van der Waals surface area contributed by atoms with E-state index in [0.29, 0.717) is 24.9 Å². The SMILES string of the molecule is CCNC(=NCC1CCCN(C(C)C)C1)NCCC(=O)N(CC)CC.I. The Balaban J connectivity index is 0.00000625. The van der Waals surface area contributed by atoms with Crippen molar-refractivity contribution in [1.29, 1.82) is 0 Å². The molecule has 6 nitrogen and oxygen atoms in total. The van der Waals surface area contributed by atoms with Gasteiger partial charge in [0.1, 0.15) is 0 Å². The molecule has 0 aromatic carbocycles. The number of rotatable bonds is 9. The first-order valence-corrected chi connectivity index (χ1v) is 10.1. The molecule has 26 heavy (non-hydrogen) atoms. The second-order valence-corrected chi connectivity index (χ2v) is 7.06. The van der Waals surface area contributed by atoms with E-state index < -0.39 is 0 Å². The number of amides is 1. The first-order chi connectivity index (χ1) is 12.0. The summed E-state index contributed by atoms with van der Waals surface area (Å²) in [6, 6.07) is 0.615. The highest BCUT2D eigenvalue weighted by Gasteiger charge is 2.21. The zero-order chi connectivity index (χ0) is 18.7. The molecule has 1 unspecified atom stereocenters. The minimum Gasteiger partial charge on any atom is -0.357 e. The predicted octanol–water partition coefficient (Wildman–Crippen LogP) is 2.54. The van der Waals surface area contributed by atoms with Gasteiger partial charge in [0.15, 0.2) is 5.96 Å². The summed E-state index contributed by atoms with van der Waals surface area (Å²) in [7, 11) is 0. The average Bonchev–Trinajstić information content (AvgIpc) is 2.61. The Morgan fingerprint density at radius 2 is 1.92 bits per heavy atom. The number of guanidine groups is 1. The molecule has 0 aromatic heterocycles. The summed E-state index contributed by atoms with van der Waals surface area (Å²) < 4.78 is 0. The van der Waals surface area contributed by atoms with Crippen LogP contribution in [0.15, 0.2) is 4.99 Å². The van der Waals surface area contributed by atoms with Crippen LogP contribution in [-0.2, 0) is 4.79 Å². The second kappa shape index (κ2) is 14.5. The number of likely N-dealkylation sites (tertiary alicyclic amines) is 1. The van der Waals surface area contributed by atoms with Gasteiger partial charge in [0.2, 0.25) is 5.91 Å². The van der Waals surface area contributed by atoms with Gasteiger partial charge in [0.05, 0.1) is 0 Å². The summed E-state index contributed by atoms with van der Waals surface area (Å²) in [5.74, 6) is 1.66. The highest BCUT2D eigenvalue weighted by atomic mass is 127. The van der Waals surface area contributed by atoms with Gasteiger partial charge >= 0.3 is 0 Å². The smallest absolute Gasteiger partial charge is 0.224 e. The summed E-state index contributed by atoms with van der Waals surface area (Å²) in [5.41, 5.74) is 0. The van der Waals surface area contributed by atoms with Crippen LogP contribution >= 0.6 is 24.0 Å². The molecule has 154 valence electrons. The van der Waals surface area contributed by atoms with Gasteiger partial charge in [-0.2, -0.15) is 0 Å². The van der Waals surface area contributed by atoms with Crippen LogP contribution in [-0.4, -0.2) is 73.5 Å². The third-order valence-corrected chi connectivity index (χ3v) is 4.88. The van der Waals surface area contributed by atoms with E-state index in [-0.39, 0.29) is 29.9 Å². The molecular formula is C19H40IN5O. The Hall–Kier alpha value is -0.570. The van der Waals surface area contributed by atoms with E-state index in [2.05, 4.69) is 36.3 Å². The average molecular weight is 481 g/mol. The van der Waals surface area contributed by atoms with Crippen LogP contribution in [0.25, 0.3) is 0 Å². The summed E-state index contributed by atoms with van der Waals surface area (Å²) in [6.45, 7) is 16.9. The van der Waals surface area contributed by atoms with E-state index in [0.717, 1.165) is 38.7 Å². The number of carbonyl (C=O) groups excluding carboxylic acids is 1. The van der Waals surface area contributed by atoms with Crippen LogP contribution in [0.2, 0.25) is 0 Å². The number of carbonyl (C=O) groups is 1. The van der Waals surface area contributed by atoms with E-state index >= 15 is 0 Å². The van der Waals surface area contributed by atoms with Crippen LogP contribution in [0, 0.1) is 5.92 Å². The van der Waals surface area contributed by atoms with Crippen molar-refractivity contribution >= 4 is 35.8 Å². The normalized spacial score (nSPS) is 18.4. The summed E-state index contributed by atoms with van der Waals surface area (Å²) in [6.07, 6.45) is 3.03. The van der Waals surface area contributed by atoms with E-state index in [9.17, 15) is 4.79 Å². The minimum atomic E-state index is 0. The molecule has 0 bridgehead atoms. The van der Waals surface area contributed by atoms with Crippen molar-refractivity contribution in [3.63, 3.8) is 0 Å². The molecule has 1 amide bonds. The molecule has 1 aliphatic rings. The molecule has 1 aliphatic heterocycles. The van der Waals surface area contributed by atoms with Crippen LogP contribution in [0.1, 0.15) is 53.9 Å². The van der Waals surface area contributed by atoms with Gasteiger partial charge in [-0.1, -0.05) is 0 Å². The van der Waals surface area contributed by atoms with Gasteiger partial charge in [-0.15, -0.1) is 24.0 Å². The molecule has 2 N–H and O–H groups in total. The third kappa shape index (κ3) is 9.39. The van der Waals surface area contributed by atoms with Crippen LogP contribution in [0.3, 0.4) is 0 Å². The van der Waals surface area contributed by atoms with Gasteiger partial charge in [0, 0.05) is 51.7 Å². The first kappa shape index (κ1) is 25.4. The van der Waals surface area contributed by atoms with Crippen molar-refractivity contribution in [3.8, 4) is 0 Å². The lowest BCUT2D eigenvalue weighted by Gasteiger charge is -2.34. The summed E-state index contributed by atoms with van der Waals surface area (Å²) >= 11 is 0. The maximum Gasteiger partial charge on any atom is 0.224 e. The van der Waals surface area contributed by atoms with Crippen molar-refractivity contribution in [3.05, 3.63) is 0 Å². The number of nitrogens with zero attached hydrogens (tertiary/aromatic N) is 3. The molecular weight excluding hydrogens is 441 g/mol. The molecule has 7 heteroatoms. The maximum atomic E-state index is 12.1. The Bertz CT molecular complexity index is 413. The fourth-order valence-electron chi connectivity index (χ4n) is 3.30. The lowest BCUT2D eigenvalue weighted by molar-refractivity contribution is -0.130. The van der Waals surface area contributed by atoms with E-state index in [1.54, 1.807) is 0 Å².